The van der Waals surface area contributed by atoms with Crippen molar-refractivity contribution in [2.24, 2.45) is 11.8 Å². The zero-order valence-corrected chi connectivity index (χ0v) is 34.2. The van der Waals surface area contributed by atoms with E-state index in [1.54, 1.807) is 13.1 Å². The fraction of sp³-hybridized carbons (Fsp3) is 0.548. The second-order valence-electron chi connectivity index (χ2n) is 16.1. The fourth-order valence-electron chi connectivity index (χ4n) is 9.52. The molecule has 0 saturated heterocycles. The van der Waals surface area contributed by atoms with Crippen molar-refractivity contribution in [3.05, 3.63) is 82.1 Å². The quantitative estimate of drug-likeness (QED) is 0.133. The Labute approximate surface area is 337 Å². The van der Waals surface area contributed by atoms with Crippen LogP contribution in [0.1, 0.15) is 100 Å². The predicted octanol–water partition coefficient (Wildman–Crippen LogP) is 8.82. The summed E-state index contributed by atoms with van der Waals surface area (Å²) in [5.41, 5.74) is 1.41. The molecule has 1 spiro atoms. The number of esters is 1. The highest BCUT2D eigenvalue weighted by Gasteiger charge is 2.60. The Bertz CT molecular complexity index is 2070. The summed E-state index contributed by atoms with van der Waals surface area (Å²) in [7, 11) is -3.09. The van der Waals surface area contributed by atoms with Crippen LogP contribution in [0, 0.1) is 11.8 Å². The number of methoxy groups -OCH3 is 1. The van der Waals surface area contributed by atoms with Crippen molar-refractivity contribution in [3.8, 4) is 11.5 Å². The van der Waals surface area contributed by atoms with Gasteiger partial charge in [-0.05, 0) is 135 Å². The summed E-state index contributed by atoms with van der Waals surface area (Å²) in [5, 5.41) is 0.0980. The molecule has 10 nitrogen and oxygen atoms in total. The lowest BCUT2D eigenvalue weighted by atomic mass is 9.59. The van der Waals surface area contributed by atoms with E-state index in [0.29, 0.717) is 36.0 Å². The normalized spacial score (nSPS) is 24.2. The predicted molar refractivity (Wildman–Crippen MR) is 210 cm³/mol. The van der Waals surface area contributed by atoms with E-state index < -0.39 is 51.0 Å². The maximum absolute atomic E-state index is 14.4. The zero-order valence-electron chi connectivity index (χ0n) is 32.6. The summed E-state index contributed by atoms with van der Waals surface area (Å²) in [5.74, 6) is -1.93. The molecule has 1 fully saturated rings. The lowest BCUT2D eigenvalue weighted by molar-refractivity contribution is -0.174. The number of aromatic nitrogens is 1. The monoisotopic (exact) mass is 834 g/mol. The Morgan fingerprint density at radius 2 is 1.82 bits per heavy atom. The highest BCUT2D eigenvalue weighted by molar-refractivity contribution is 7.85. The van der Waals surface area contributed by atoms with Crippen molar-refractivity contribution in [2.45, 2.75) is 114 Å². The molecule has 310 valence electrons. The van der Waals surface area contributed by atoms with Crippen molar-refractivity contribution in [1.29, 1.82) is 0 Å². The highest BCUT2D eigenvalue weighted by Crippen LogP contribution is 2.58. The number of benzene rings is 2. The van der Waals surface area contributed by atoms with Gasteiger partial charge in [0.15, 0.2) is 0 Å². The van der Waals surface area contributed by atoms with Crippen LogP contribution in [0.5, 0.6) is 11.5 Å². The summed E-state index contributed by atoms with van der Waals surface area (Å²) in [6, 6.07) is 13.1. The summed E-state index contributed by atoms with van der Waals surface area (Å²) in [6.07, 6.45) is 0.607. The van der Waals surface area contributed by atoms with Gasteiger partial charge >= 0.3 is 18.1 Å². The number of nitrogens with zero attached hydrogens (tertiary/aromatic N) is 2. The van der Waals surface area contributed by atoms with Gasteiger partial charge in [0.2, 0.25) is 0 Å². The first kappa shape index (κ1) is 42.7. The molecule has 0 bridgehead atoms. The lowest BCUT2D eigenvalue weighted by Crippen LogP contribution is -2.63. The second-order valence-corrected chi connectivity index (χ2v) is 18.1. The Morgan fingerprint density at radius 1 is 1.09 bits per heavy atom. The highest BCUT2D eigenvalue weighted by atomic mass is 35.5. The summed E-state index contributed by atoms with van der Waals surface area (Å²) in [6.45, 7) is 6.44. The topological polar surface area (TPSA) is 132 Å². The van der Waals surface area contributed by atoms with Gasteiger partial charge in [-0.25, -0.2) is 4.79 Å². The van der Waals surface area contributed by atoms with E-state index >= 15 is 0 Å². The number of ether oxygens (including phenoxy) is 3. The van der Waals surface area contributed by atoms with E-state index in [9.17, 15) is 35.7 Å². The number of carbonyl (C=O) groups is 2. The summed E-state index contributed by atoms with van der Waals surface area (Å²) < 4.78 is 93.1. The molecule has 6 rings (SSSR count). The van der Waals surface area contributed by atoms with Gasteiger partial charge in [-0.3, -0.25) is 19.2 Å². The number of halogens is 4. The zero-order chi connectivity index (χ0) is 41.3. The molecule has 3 aromatic rings. The third-order valence-electron chi connectivity index (χ3n) is 12.2. The molecule has 1 amide bonds. The molecule has 1 unspecified atom stereocenters. The molecular weight excluding hydrogens is 785 g/mol. The first-order chi connectivity index (χ1) is 26.9. The minimum atomic E-state index is -5.31. The molecule has 1 saturated carbocycles. The SMILES string of the molecule is COC(=O)C1(N(C(=O)C(F)(F)F)c2cccc(Cl)c2)CCC2(CC1)c1cc(OC(C)CCS(=O)(=O)O)ccc1C[C@@H]2C[C@@H](C)COc1ccnc2c1[C@H](C)CCC2. The van der Waals surface area contributed by atoms with Crippen molar-refractivity contribution < 1.29 is 49.9 Å². The number of alkyl halides is 3. The largest absolute Gasteiger partial charge is 0.493 e. The van der Waals surface area contributed by atoms with Crippen molar-refractivity contribution in [2.75, 3.05) is 24.4 Å². The molecule has 57 heavy (non-hydrogen) atoms. The smallest absolute Gasteiger partial charge is 0.471 e. The molecule has 0 radical (unpaired) electrons. The van der Waals surface area contributed by atoms with E-state index in [-0.39, 0.29) is 54.6 Å². The van der Waals surface area contributed by atoms with Crippen LogP contribution in [0.15, 0.2) is 54.7 Å². The van der Waals surface area contributed by atoms with Gasteiger partial charge in [0, 0.05) is 34.6 Å². The molecule has 3 aliphatic rings. The number of hydrogen-bond donors (Lipinski definition) is 1. The van der Waals surface area contributed by atoms with E-state index in [2.05, 4.69) is 18.8 Å². The number of carbonyl (C=O) groups excluding carboxylic acids is 2. The van der Waals surface area contributed by atoms with Crippen LogP contribution in [-0.4, -0.2) is 67.1 Å². The molecule has 1 aromatic heterocycles. The third-order valence-corrected chi connectivity index (χ3v) is 13.2. The fourth-order valence-corrected chi connectivity index (χ4v) is 10.3. The Hall–Kier alpha value is -3.88. The minimum absolute atomic E-state index is 0.0165. The number of pyridine rings is 1. The van der Waals surface area contributed by atoms with E-state index in [4.69, 9.17) is 25.8 Å². The average molecular weight is 835 g/mol. The van der Waals surface area contributed by atoms with E-state index in [1.165, 1.54) is 24.3 Å². The lowest BCUT2D eigenvalue weighted by Gasteiger charge is -2.51. The third kappa shape index (κ3) is 9.07. The van der Waals surface area contributed by atoms with E-state index in [1.807, 2.05) is 24.3 Å². The van der Waals surface area contributed by atoms with Crippen LogP contribution in [0.4, 0.5) is 18.9 Å². The van der Waals surface area contributed by atoms with Gasteiger partial charge in [-0.15, -0.1) is 0 Å². The molecule has 4 atom stereocenters. The van der Waals surface area contributed by atoms with Gasteiger partial charge in [-0.1, -0.05) is 37.6 Å². The standard InChI is InChI=1S/C42H50ClF3N2O8S/c1-26(25-55-36-13-19-47-35-10-5-7-27(2)37(35)36)21-30-22-29-11-12-33(56-28(3)14-20-57(51,52)53)24-34(29)40(30)15-17-41(18-16-40,39(50)54-4)48(38(49)42(44,45)46)32-9-6-8-31(43)23-32/h6,8-9,11-13,19,23-24,26-28,30H,5,7,10,14-18,20-22,25H2,1-4H3,(H,51,52,53)/t26-,27-,28?,30+,40?,41?/m1/s1. The number of aryl methyl sites for hydroxylation is 1. The molecule has 1 N–H and O–H groups in total. The minimum Gasteiger partial charge on any atom is -0.493 e. The van der Waals surface area contributed by atoms with Gasteiger partial charge < -0.3 is 14.2 Å². The molecular formula is C42H50ClF3N2O8S. The van der Waals surface area contributed by atoms with E-state index in [0.717, 1.165) is 54.5 Å². The van der Waals surface area contributed by atoms with Crippen LogP contribution in [0.3, 0.4) is 0 Å². The van der Waals surface area contributed by atoms with Crippen LogP contribution >= 0.6 is 11.6 Å². The summed E-state index contributed by atoms with van der Waals surface area (Å²) in [4.78, 5) is 32.3. The summed E-state index contributed by atoms with van der Waals surface area (Å²) >= 11 is 6.22. The second kappa shape index (κ2) is 16.8. The van der Waals surface area contributed by atoms with Gasteiger partial charge in [0.25, 0.3) is 10.1 Å². The number of rotatable bonds is 13. The van der Waals surface area contributed by atoms with Crippen molar-refractivity contribution in [3.63, 3.8) is 0 Å². The number of anilines is 1. The first-order valence-corrected chi connectivity index (χ1v) is 21.5. The maximum atomic E-state index is 14.4. The Kier molecular flexibility index (Phi) is 12.6. The van der Waals surface area contributed by atoms with Crippen LogP contribution in [-0.2, 0) is 42.7 Å². The maximum Gasteiger partial charge on any atom is 0.471 e. The van der Waals surface area contributed by atoms with Crippen LogP contribution in [0.2, 0.25) is 5.02 Å². The molecule has 1 heterocycles. The number of amides is 1. The molecule has 2 aromatic carbocycles. The molecule has 0 aliphatic heterocycles. The Balaban J connectivity index is 1.34. The Morgan fingerprint density at radius 3 is 2.49 bits per heavy atom. The van der Waals surface area contributed by atoms with Gasteiger partial charge in [-0.2, -0.15) is 21.6 Å². The molecule has 3 aliphatic carbocycles. The van der Waals surface area contributed by atoms with Crippen LogP contribution in [0.25, 0.3) is 0 Å². The van der Waals surface area contributed by atoms with Crippen molar-refractivity contribution in [1.82, 2.24) is 4.98 Å². The van der Waals surface area contributed by atoms with Gasteiger partial charge in [0.1, 0.15) is 17.0 Å². The molecule has 15 heteroatoms. The average Bonchev–Trinajstić information content (AvgIpc) is 3.44. The van der Waals surface area contributed by atoms with Crippen LogP contribution < -0.4 is 14.4 Å². The van der Waals surface area contributed by atoms with Gasteiger partial charge in [0.05, 0.1) is 25.6 Å². The number of fused-ring (bicyclic) bond motifs is 3. The van der Waals surface area contributed by atoms with Crippen molar-refractivity contribution >= 4 is 39.3 Å². The first-order valence-electron chi connectivity index (χ1n) is 19.5. The number of hydrogen-bond acceptors (Lipinski definition) is 8.